The van der Waals surface area contributed by atoms with Gasteiger partial charge in [-0.05, 0) is 13.8 Å². The van der Waals surface area contributed by atoms with Gasteiger partial charge in [0.2, 0.25) is 11.8 Å². The Hall–Kier alpha value is -1.63. The molecule has 0 aliphatic carbocycles. The minimum absolute atomic E-state index is 0.216. The van der Waals surface area contributed by atoms with Crippen LogP contribution in [-0.2, 0) is 14.4 Å². The average molecular weight is 217 g/mol. The second kappa shape index (κ2) is 5.97. The van der Waals surface area contributed by atoms with Crippen LogP contribution in [0.4, 0.5) is 0 Å². The number of carbonyl (C=O) groups is 3. The number of hydrogen-bond acceptors (Lipinski definition) is 4. The van der Waals surface area contributed by atoms with E-state index in [4.69, 9.17) is 10.8 Å². The lowest BCUT2D eigenvalue weighted by Crippen LogP contribution is -2.50. The van der Waals surface area contributed by atoms with Crippen LogP contribution in [0.2, 0.25) is 0 Å². The third-order valence-corrected chi connectivity index (χ3v) is 1.69. The topological polar surface area (TPSA) is 122 Å². The highest BCUT2D eigenvalue weighted by molar-refractivity contribution is 5.90. The molecule has 0 rings (SSSR count). The van der Waals surface area contributed by atoms with Gasteiger partial charge >= 0.3 is 5.97 Å². The molecule has 5 N–H and O–H groups in total. The molecule has 0 fully saturated rings. The van der Waals surface area contributed by atoms with Gasteiger partial charge in [-0.15, -0.1) is 0 Å². The standard InChI is InChI=1S/C8H15N3O4/c1-4(10-6(12)3-9)7(13)11-5(2)8(14)15/h4-5H,3,9H2,1-2H3,(H,10,12)(H,11,13)(H,14,15)/t4-,5-/m1/s1. The van der Waals surface area contributed by atoms with Crippen molar-refractivity contribution < 1.29 is 19.5 Å². The van der Waals surface area contributed by atoms with Crippen molar-refractivity contribution in [2.45, 2.75) is 25.9 Å². The molecule has 7 nitrogen and oxygen atoms in total. The Morgan fingerprint density at radius 3 is 2.13 bits per heavy atom. The molecule has 86 valence electrons. The highest BCUT2D eigenvalue weighted by Gasteiger charge is 2.19. The molecule has 0 unspecified atom stereocenters. The van der Waals surface area contributed by atoms with Gasteiger partial charge in [0.1, 0.15) is 12.1 Å². The molecule has 0 saturated heterocycles. The van der Waals surface area contributed by atoms with Crippen LogP contribution in [0.25, 0.3) is 0 Å². The van der Waals surface area contributed by atoms with Gasteiger partial charge < -0.3 is 21.5 Å². The van der Waals surface area contributed by atoms with Gasteiger partial charge in [0.15, 0.2) is 0 Å². The Morgan fingerprint density at radius 2 is 1.73 bits per heavy atom. The van der Waals surface area contributed by atoms with Crippen molar-refractivity contribution >= 4 is 17.8 Å². The van der Waals surface area contributed by atoms with Gasteiger partial charge in [-0.25, -0.2) is 0 Å². The fourth-order valence-corrected chi connectivity index (χ4v) is 0.766. The Bertz CT molecular complexity index is 267. The Morgan fingerprint density at radius 1 is 1.20 bits per heavy atom. The summed E-state index contributed by atoms with van der Waals surface area (Å²) in [5.41, 5.74) is 5.03. The number of amides is 2. The third-order valence-electron chi connectivity index (χ3n) is 1.69. The minimum atomic E-state index is -1.14. The smallest absolute Gasteiger partial charge is 0.325 e. The molecule has 2 atom stereocenters. The lowest BCUT2D eigenvalue weighted by Gasteiger charge is -2.15. The molecule has 7 heteroatoms. The highest BCUT2D eigenvalue weighted by Crippen LogP contribution is 1.86. The van der Waals surface area contributed by atoms with E-state index < -0.39 is 29.9 Å². The zero-order valence-corrected chi connectivity index (χ0v) is 8.61. The molecule has 0 heterocycles. The molecular formula is C8H15N3O4. The molecule has 0 aromatic heterocycles. The van der Waals surface area contributed by atoms with Crippen LogP contribution < -0.4 is 16.4 Å². The van der Waals surface area contributed by atoms with Crippen LogP contribution in [0.5, 0.6) is 0 Å². The third kappa shape index (κ3) is 4.96. The monoisotopic (exact) mass is 217 g/mol. The fourth-order valence-electron chi connectivity index (χ4n) is 0.766. The number of nitrogens with one attached hydrogen (secondary N) is 2. The summed E-state index contributed by atoms with van der Waals surface area (Å²) in [6, 6.07) is -1.79. The quantitative estimate of drug-likeness (QED) is 0.426. The Balaban J connectivity index is 4.10. The van der Waals surface area contributed by atoms with Crippen LogP contribution >= 0.6 is 0 Å². The summed E-state index contributed by atoms with van der Waals surface area (Å²) in [6.45, 7) is 2.56. The van der Waals surface area contributed by atoms with Crippen LogP contribution in [0.1, 0.15) is 13.8 Å². The van der Waals surface area contributed by atoms with Crippen molar-refractivity contribution in [3.05, 3.63) is 0 Å². The summed E-state index contributed by atoms with van der Waals surface area (Å²) in [4.78, 5) is 32.5. The number of carboxylic acid groups (broad SMARTS) is 1. The van der Waals surface area contributed by atoms with Crippen molar-refractivity contribution in [3.8, 4) is 0 Å². The maximum Gasteiger partial charge on any atom is 0.325 e. The van der Waals surface area contributed by atoms with E-state index in [0.29, 0.717) is 0 Å². The zero-order chi connectivity index (χ0) is 12.0. The second-order valence-corrected chi connectivity index (χ2v) is 3.06. The van der Waals surface area contributed by atoms with Gasteiger partial charge in [-0.3, -0.25) is 14.4 Å². The molecule has 0 bridgehead atoms. The summed E-state index contributed by atoms with van der Waals surface area (Å²) in [5.74, 6) is -2.17. The first-order valence-electron chi connectivity index (χ1n) is 4.41. The molecule has 0 saturated carbocycles. The SMILES string of the molecule is C[C@@H](NC(=O)[C@@H](C)NC(=O)CN)C(=O)O. The number of carbonyl (C=O) groups excluding carboxylic acids is 2. The molecular weight excluding hydrogens is 202 g/mol. The van der Waals surface area contributed by atoms with Gasteiger partial charge in [-0.2, -0.15) is 0 Å². The van der Waals surface area contributed by atoms with E-state index in [9.17, 15) is 14.4 Å². The molecule has 0 radical (unpaired) electrons. The van der Waals surface area contributed by atoms with Crippen molar-refractivity contribution in [1.82, 2.24) is 10.6 Å². The van der Waals surface area contributed by atoms with Crippen LogP contribution in [0, 0.1) is 0 Å². The van der Waals surface area contributed by atoms with E-state index in [0.717, 1.165) is 0 Å². The van der Waals surface area contributed by atoms with E-state index >= 15 is 0 Å². The van der Waals surface area contributed by atoms with Crippen molar-refractivity contribution in [2.75, 3.05) is 6.54 Å². The number of rotatable bonds is 5. The lowest BCUT2D eigenvalue weighted by molar-refractivity contribution is -0.141. The Labute approximate surface area is 87.0 Å². The van der Waals surface area contributed by atoms with Crippen molar-refractivity contribution in [3.63, 3.8) is 0 Å². The predicted molar refractivity (Wildman–Crippen MR) is 51.9 cm³/mol. The van der Waals surface area contributed by atoms with Gasteiger partial charge in [0.05, 0.1) is 6.54 Å². The molecule has 2 amide bonds. The van der Waals surface area contributed by atoms with E-state index in [1.807, 2.05) is 0 Å². The van der Waals surface area contributed by atoms with Gasteiger partial charge in [-0.1, -0.05) is 0 Å². The lowest BCUT2D eigenvalue weighted by atomic mass is 10.2. The molecule has 0 aliphatic rings. The zero-order valence-electron chi connectivity index (χ0n) is 8.61. The molecule has 15 heavy (non-hydrogen) atoms. The van der Waals surface area contributed by atoms with Crippen LogP contribution in [0.3, 0.4) is 0 Å². The first kappa shape index (κ1) is 13.4. The van der Waals surface area contributed by atoms with Gasteiger partial charge in [0.25, 0.3) is 0 Å². The Kier molecular flexibility index (Phi) is 5.32. The summed E-state index contributed by atoms with van der Waals surface area (Å²) in [5, 5.41) is 13.0. The maximum absolute atomic E-state index is 11.3. The van der Waals surface area contributed by atoms with E-state index in [-0.39, 0.29) is 6.54 Å². The number of carboxylic acids is 1. The summed E-state index contributed by atoms with van der Waals surface area (Å²) in [6.07, 6.45) is 0. The largest absolute Gasteiger partial charge is 0.480 e. The van der Waals surface area contributed by atoms with Crippen LogP contribution in [0.15, 0.2) is 0 Å². The maximum atomic E-state index is 11.3. The number of nitrogens with two attached hydrogens (primary N) is 1. The van der Waals surface area contributed by atoms with Crippen LogP contribution in [-0.4, -0.2) is 41.5 Å². The molecule has 0 aromatic rings. The summed E-state index contributed by atoms with van der Waals surface area (Å²) in [7, 11) is 0. The average Bonchev–Trinajstić information content (AvgIpc) is 2.16. The van der Waals surface area contributed by atoms with E-state index in [2.05, 4.69) is 10.6 Å². The van der Waals surface area contributed by atoms with E-state index in [1.54, 1.807) is 0 Å². The summed E-state index contributed by atoms with van der Waals surface area (Å²) >= 11 is 0. The normalized spacial score (nSPS) is 13.8. The first-order chi connectivity index (χ1) is 6.88. The van der Waals surface area contributed by atoms with Gasteiger partial charge in [0, 0.05) is 0 Å². The molecule has 0 spiro atoms. The summed E-state index contributed by atoms with van der Waals surface area (Å²) < 4.78 is 0. The molecule has 0 aliphatic heterocycles. The highest BCUT2D eigenvalue weighted by atomic mass is 16.4. The number of hydrogen-bond donors (Lipinski definition) is 4. The van der Waals surface area contributed by atoms with E-state index in [1.165, 1.54) is 13.8 Å². The fraction of sp³-hybridized carbons (Fsp3) is 0.625. The van der Waals surface area contributed by atoms with Crippen molar-refractivity contribution in [1.29, 1.82) is 0 Å². The molecule has 0 aromatic carbocycles. The second-order valence-electron chi connectivity index (χ2n) is 3.06. The van der Waals surface area contributed by atoms with Crippen molar-refractivity contribution in [2.24, 2.45) is 5.73 Å². The first-order valence-corrected chi connectivity index (χ1v) is 4.41. The minimum Gasteiger partial charge on any atom is -0.480 e. The predicted octanol–water partition coefficient (Wildman–Crippen LogP) is -1.96. The number of aliphatic carboxylic acids is 1.